The number of amides is 1. The lowest BCUT2D eigenvalue weighted by atomic mass is 9.91. The van der Waals surface area contributed by atoms with Crippen LogP contribution in [0.2, 0.25) is 0 Å². The van der Waals surface area contributed by atoms with Crippen LogP contribution in [0.5, 0.6) is 0 Å². The van der Waals surface area contributed by atoms with Gasteiger partial charge in [-0.25, -0.2) is 0 Å². The third-order valence-corrected chi connectivity index (χ3v) is 3.95. The summed E-state index contributed by atoms with van der Waals surface area (Å²) in [5.41, 5.74) is 0.482. The first kappa shape index (κ1) is 13.1. The molecule has 2 unspecified atom stereocenters. The molecule has 1 amide bonds. The molecular weight excluding hydrogens is 302 g/mol. The zero-order chi connectivity index (χ0) is 13.3. The van der Waals surface area contributed by atoms with Crippen LogP contribution in [0, 0.1) is 5.92 Å². The summed E-state index contributed by atoms with van der Waals surface area (Å²) in [4.78, 5) is 24.9. The lowest BCUT2D eigenvalue weighted by molar-refractivity contribution is -0.143. The van der Waals surface area contributed by atoms with Gasteiger partial charge in [0.1, 0.15) is 0 Å². The maximum absolute atomic E-state index is 12.3. The summed E-state index contributed by atoms with van der Waals surface area (Å²) in [6, 6.07) is 1.54. The Morgan fingerprint density at radius 1 is 1.56 bits per heavy atom. The summed E-state index contributed by atoms with van der Waals surface area (Å²) in [6.45, 7) is 2.34. The van der Waals surface area contributed by atoms with E-state index in [0.29, 0.717) is 29.6 Å². The van der Waals surface area contributed by atoms with E-state index in [0.717, 1.165) is 0 Å². The van der Waals surface area contributed by atoms with E-state index in [4.69, 9.17) is 9.52 Å². The normalized spacial score (nSPS) is 24.0. The number of carboxylic acid groups (broad SMARTS) is 1. The maximum atomic E-state index is 12.3. The molecule has 0 aromatic carbocycles. The fourth-order valence-corrected chi connectivity index (χ4v) is 2.71. The van der Waals surface area contributed by atoms with Crippen LogP contribution in [0.25, 0.3) is 0 Å². The Morgan fingerprint density at radius 3 is 2.78 bits per heavy atom. The summed E-state index contributed by atoms with van der Waals surface area (Å²) < 4.78 is 5.46. The van der Waals surface area contributed by atoms with Gasteiger partial charge in [0.15, 0.2) is 4.67 Å². The summed E-state index contributed by atoms with van der Waals surface area (Å²) in [7, 11) is 0. The summed E-state index contributed by atoms with van der Waals surface area (Å²) >= 11 is 3.18. The number of halogens is 1. The molecule has 1 aliphatic heterocycles. The van der Waals surface area contributed by atoms with Gasteiger partial charge in [-0.3, -0.25) is 9.59 Å². The van der Waals surface area contributed by atoms with Crippen LogP contribution in [0.4, 0.5) is 0 Å². The van der Waals surface area contributed by atoms with Gasteiger partial charge in [0.2, 0.25) is 0 Å². The molecule has 1 aliphatic rings. The Hall–Kier alpha value is -1.30. The highest BCUT2D eigenvalue weighted by Crippen LogP contribution is 2.27. The fraction of sp³-hybridized carbons (Fsp3) is 0.500. The van der Waals surface area contributed by atoms with E-state index in [1.807, 2.05) is 6.92 Å². The SMILES string of the molecule is CC1CC(C(=O)O)CCN1C(=O)c1ccoc1Br. The highest BCUT2D eigenvalue weighted by Gasteiger charge is 2.33. The summed E-state index contributed by atoms with van der Waals surface area (Å²) in [5.74, 6) is -1.25. The van der Waals surface area contributed by atoms with Crippen LogP contribution in [-0.2, 0) is 4.79 Å². The van der Waals surface area contributed by atoms with E-state index >= 15 is 0 Å². The number of carbonyl (C=O) groups excluding carboxylic acids is 1. The fourth-order valence-electron chi connectivity index (χ4n) is 2.30. The molecule has 1 saturated heterocycles. The number of rotatable bonds is 2. The minimum atomic E-state index is -0.779. The average Bonchev–Trinajstić information content (AvgIpc) is 2.74. The number of hydrogen-bond acceptors (Lipinski definition) is 3. The third-order valence-electron chi connectivity index (χ3n) is 3.33. The molecule has 1 aromatic heterocycles. The molecule has 0 aliphatic carbocycles. The van der Waals surface area contributed by atoms with Crippen LogP contribution >= 0.6 is 15.9 Å². The van der Waals surface area contributed by atoms with Gasteiger partial charge in [0.05, 0.1) is 17.7 Å². The van der Waals surface area contributed by atoms with Crippen molar-refractivity contribution in [1.29, 1.82) is 0 Å². The standard InChI is InChI=1S/C12H14BrNO4/c1-7-6-8(12(16)17)2-4-14(7)11(15)9-3-5-18-10(9)13/h3,5,7-8H,2,4,6H2,1H3,(H,16,17). The van der Waals surface area contributed by atoms with Crippen LogP contribution in [0.15, 0.2) is 21.4 Å². The smallest absolute Gasteiger partial charge is 0.306 e. The van der Waals surface area contributed by atoms with Crippen LogP contribution < -0.4 is 0 Å². The number of likely N-dealkylation sites (tertiary alicyclic amines) is 1. The molecule has 18 heavy (non-hydrogen) atoms. The Kier molecular flexibility index (Phi) is 3.75. The van der Waals surface area contributed by atoms with E-state index < -0.39 is 5.97 Å². The van der Waals surface area contributed by atoms with Crippen molar-refractivity contribution < 1.29 is 19.1 Å². The van der Waals surface area contributed by atoms with Gasteiger partial charge >= 0.3 is 5.97 Å². The molecular formula is C12H14BrNO4. The van der Waals surface area contributed by atoms with Crippen LogP contribution in [0.3, 0.4) is 0 Å². The second-order valence-electron chi connectivity index (χ2n) is 4.52. The number of hydrogen-bond donors (Lipinski definition) is 1. The van der Waals surface area contributed by atoms with Gasteiger partial charge < -0.3 is 14.4 Å². The molecule has 0 saturated carbocycles. The van der Waals surface area contributed by atoms with Gasteiger partial charge in [0.25, 0.3) is 5.91 Å². The predicted molar refractivity (Wildman–Crippen MR) is 67.3 cm³/mol. The van der Waals surface area contributed by atoms with Gasteiger partial charge in [0, 0.05) is 12.6 Å². The molecule has 2 atom stereocenters. The zero-order valence-corrected chi connectivity index (χ0v) is 11.5. The highest BCUT2D eigenvalue weighted by molar-refractivity contribution is 9.10. The Labute approximate surface area is 113 Å². The van der Waals surface area contributed by atoms with E-state index in [1.54, 1.807) is 11.0 Å². The molecule has 1 aromatic rings. The molecule has 2 rings (SSSR count). The molecule has 0 bridgehead atoms. The average molecular weight is 316 g/mol. The Morgan fingerprint density at radius 2 is 2.28 bits per heavy atom. The zero-order valence-electron chi connectivity index (χ0n) is 9.93. The first-order chi connectivity index (χ1) is 8.50. The summed E-state index contributed by atoms with van der Waals surface area (Å²) in [5, 5.41) is 8.98. The Bertz CT molecular complexity index is 470. The van der Waals surface area contributed by atoms with Crippen molar-refractivity contribution in [1.82, 2.24) is 4.90 Å². The van der Waals surface area contributed by atoms with Gasteiger partial charge in [-0.15, -0.1) is 0 Å². The van der Waals surface area contributed by atoms with E-state index in [2.05, 4.69) is 15.9 Å². The van der Waals surface area contributed by atoms with Gasteiger partial charge in [-0.05, 0) is 41.8 Å². The van der Waals surface area contributed by atoms with Crippen LogP contribution in [0.1, 0.15) is 30.1 Å². The first-order valence-corrected chi connectivity index (χ1v) is 6.56. The van der Waals surface area contributed by atoms with E-state index in [-0.39, 0.29) is 17.9 Å². The number of carbonyl (C=O) groups is 2. The van der Waals surface area contributed by atoms with Crippen molar-refractivity contribution in [3.05, 3.63) is 22.6 Å². The quantitative estimate of drug-likeness (QED) is 0.909. The summed E-state index contributed by atoms with van der Waals surface area (Å²) in [6.07, 6.45) is 2.45. The monoisotopic (exact) mass is 315 g/mol. The number of nitrogens with zero attached hydrogens (tertiary/aromatic N) is 1. The number of piperidine rings is 1. The molecule has 0 radical (unpaired) electrons. The van der Waals surface area contributed by atoms with E-state index in [1.165, 1.54) is 6.26 Å². The van der Waals surface area contributed by atoms with Crippen molar-refractivity contribution in [2.24, 2.45) is 5.92 Å². The van der Waals surface area contributed by atoms with Crippen molar-refractivity contribution in [3.8, 4) is 0 Å². The molecule has 1 N–H and O–H groups in total. The lowest BCUT2D eigenvalue weighted by Gasteiger charge is -2.36. The minimum absolute atomic E-state index is 0.0749. The van der Waals surface area contributed by atoms with Crippen molar-refractivity contribution in [2.45, 2.75) is 25.8 Å². The van der Waals surface area contributed by atoms with Crippen molar-refractivity contribution in [2.75, 3.05) is 6.54 Å². The maximum Gasteiger partial charge on any atom is 0.306 e. The van der Waals surface area contributed by atoms with Crippen molar-refractivity contribution in [3.63, 3.8) is 0 Å². The van der Waals surface area contributed by atoms with Crippen molar-refractivity contribution >= 4 is 27.8 Å². The van der Waals surface area contributed by atoms with Gasteiger partial charge in [-0.1, -0.05) is 0 Å². The van der Waals surface area contributed by atoms with Crippen LogP contribution in [-0.4, -0.2) is 34.5 Å². The predicted octanol–water partition coefficient (Wildman–Crippen LogP) is 2.37. The molecule has 5 nitrogen and oxygen atoms in total. The molecule has 98 valence electrons. The van der Waals surface area contributed by atoms with Gasteiger partial charge in [-0.2, -0.15) is 0 Å². The highest BCUT2D eigenvalue weighted by atomic mass is 79.9. The first-order valence-electron chi connectivity index (χ1n) is 5.77. The molecule has 1 fully saturated rings. The second kappa shape index (κ2) is 5.14. The molecule has 0 spiro atoms. The Balaban J connectivity index is 2.10. The third kappa shape index (κ3) is 2.43. The minimum Gasteiger partial charge on any atom is -0.481 e. The second-order valence-corrected chi connectivity index (χ2v) is 5.24. The lowest BCUT2D eigenvalue weighted by Crippen LogP contribution is -2.46. The van der Waals surface area contributed by atoms with E-state index in [9.17, 15) is 9.59 Å². The molecule has 6 heteroatoms. The largest absolute Gasteiger partial charge is 0.481 e. The topological polar surface area (TPSA) is 70.8 Å². The number of carboxylic acids is 1. The molecule has 2 heterocycles. The number of furan rings is 1. The number of aliphatic carboxylic acids is 1.